The van der Waals surface area contributed by atoms with E-state index in [4.69, 9.17) is 27.9 Å². The highest BCUT2D eigenvalue weighted by Crippen LogP contribution is 2.42. The summed E-state index contributed by atoms with van der Waals surface area (Å²) in [6.45, 7) is 6.57. The zero-order chi connectivity index (χ0) is 24.4. The van der Waals surface area contributed by atoms with Gasteiger partial charge < -0.3 is 19.6 Å². The molecule has 0 radical (unpaired) electrons. The number of nitrogens with zero attached hydrogens (tertiary/aromatic N) is 1. The minimum absolute atomic E-state index is 0.0162. The predicted octanol–water partition coefficient (Wildman–Crippen LogP) is 2.46. The number of ketones is 1. The lowest BCUT2D eigenvalue weighted by atomic mass is 9.94. The molecular weight excluding hydrogens is 463 g/mol. The fourth-order valence-corrected chi connectivity index (χ4v) is 4.34. The maximum absolute atomic E-state index is 13.6. The van der Waals surface area contributed by atoms with E-state index in [-0.39, 0.29) is 11.7 Å². The molecule has 0 spiro atoms. The van der Waals surface area contributed by atoms with E-state index in [9.17, 15) is 14.7 Å². The number of hydrogen-bond donors (Lipinski definition) is 1. The molecule has 0 saturated carbocycles. The third kappa shape index (κ3) is 5.35. The van der Waals surface area contributed by atoms with E-state index in [1.807, 2.05) is 34.9 Å². The average molecular weight is 491 g/mol. The number of nitrogens with one attached hydrogen (secondary N) is 1. The lowest BCUT2D eigenvalue weighted by Crippen LogP contribution is -3.06. The van der Waals surface area contributed by atoms with Crippen molar-refractivity contribution in [1.82, 2.24) is 4.90 Å². The van der Waals surface area contributed by atoms with Gasteiger partial charge in [0.25, 0.3) is 5.91 Å². The number of rotatable bonds is 7. The van der Waals surface area contributed by atoms with Crippen molar-refractivity contribution in [2.45, 2.75) is 32.9 Å². The lowest BCUT2D eigenvalue weighted by Gasteiger charge is -2.28. The van der Waals surface area contributed by atoms with Crippen molar-refractivity contribution >= 4 is 40.7 Å². The highest BCUT2D eigenvalue weighted by Gasteiger charge is 2.45. The van der Waals surface area contributed by atoms with Crippen LogP contribution in [0.1, 0.15) is 36.6 Å². The molecule has 6 nitrogen and oxygen atoms in total. The Morgan fingerprint density at radius 3 is 2.42 bits per heavy atom. The molecule has 0 aromatic heterocycles. The van der Waals surface area contributed by atoms with Crippen LogP contribution in [0.15, 0.2) is 42.0 Å². The summed E-state index contributed by atoms with van der Waals surface area (Å²) < 4.78 is 5.75. The molecule has 1 amide bonds. The van der Waals surface area contributed by atoms with Crippen molar-refractivity contribution < 1.29 is 24.3 Å². The number of likely N-dealkylation sites (N-methyl/N-ethyl adjacent to an activating group) is 1. The first-order valence-corrected chi connectivity index (χ1v) is 11.5. The molecule has 1 fully saturated rings. The van der Waals surface area contributed by atoms with E-state index < -0.39 is 23.5 Å². The molecule has 1 N–H and O–H groups in total. The zero-order valence-corrected chi connectivity index (χ0v) is 20.9. The quantitative estimate of drug-likeness (QED) is 0.367. The molecule has 1 unspecified atom stereocenters. The lowest BCUT2D eigenvalue weighted by molar-refractivity contribution is -0.857. The van der Waals surface area contributed by atoms with Gasteiger partial charge in [0.15, 0.2) is 0 Å². The molecule has 1 aliphatic rings. The third-order valence-electron chi connectivity index (χ3n) is 5.44. The van der Waals surface area contributed by atoms with Crippen LogP contribution in [0.4, 0.5) is 0 Å². The van der Waals surface area contributed by atoms with E-state index >= 15 is 0 Å². The zero-order valence-electron chi connectivity index (χ0n) is 19.4. The van der Waals surface area contributed by atoms with E-state index in [0.717, 1.165) is 10.5 Å². The smallest absolute Gasteiger partial charge is 0.295 e. The number of halogens is 2. The number of hydrogen-bond acceptors (Lipinski definition) is 4. The van der Waals surface area contributed by atoms with Crippen LogP contribution in [0.25, 0.3) is 5.76 Å². The van der Waals surface area contributed by atoms with Crippen LogP contribution in [0.3, 0.4) is 0 Å². The molecule has 1 saturated heterocycles. The molecule has 2 aromatic rings. The molecule has 1 aliphatic heterocycles. The van der Waals surface area contributed by atoms with Crippen LogP contribution in [-0.4, -0.2) is 49.9 Å². The summed E-state index contributed by atoms with van der Waals surface area (Å²) in [5.41, 5.74) is 1.47. The summed E-state index contributed by atoms with van der Waals surface area (Å²) in [7, 11) is 3.90. The van der Waals surface area contributed by atoms with Crippen molar-refractivity contribution in [3.8, 4) is 5.75 Å². The first-order chi connectivity index (χ1) is 15.5. The van der Waals surface area contributed by atoms with Crippen molar-refractivity contribution in [2.75, 3.05) is 27.2 Å². The minimum atomic E-state index is -0.881. The van der Waals surface area contributed by atoms with Gasteiger partial charge in [-0.1, -0.05) is 41.1 Å². The molecule has 1 atom stereocenters. The number of aryl methyl sites for hydroxylation is 1. The van der Waals surface area contributed by atoms with E-state index in [2.05, 4.69) is 0 Å². The molecule has 0 bridgehead atoms. The van der Waals surface area contributed by atoms with Gasteiger partial charge in [0.2, 0.25) is 5.78 Å². The van der Waals surface area contributed by atoms with Crippen LogP contribution in [0.5, 0.6) is 5.75 Å². The Labute approximate surface area is 204 Å². The Morgan fingerprint density at radius 1 is 1.15 bits per heavy atom. The number of ether oxygens (including phenoxy) is 1. The third-order valence-corrected chi connectivity index (χ3v) is 6.00. The molecular formula is C25H28Cl2N2O4. The summed E-state index contributed by atoms with van der Waals surface area (Å²) >= 11 is 12.5. The molecule has 33 heavy (non-hydrogen) atoms. The van der Waals surface area contributed by atoms with E-state index in [0.29, 0.717) is 40.0 Å². The van der Waals surface area contributed by atoms with Gasteiger partial charge in [0.05, 0.1) is 39.3 Å². The first-order valence-electron chi connectivity index (χ1n) is 10.8. The monoisotopic (exact) mass is 490 g/mol. The number of benzene rings is 2. The number of quaternary nitrogens is 1. The summed E-state index contributed by atoms with van der Waals surface area (Å²) in [4.78, 5) is 28.6. The molecule has 2 aromatic carbocycles. The highest BCUT2D eigenvalue weighted by molar-refractivity contribution is 6.47. The standard InChI is InChI=1S/C25H28Cl2N2O4/c1-14(2)33-20-9-6-16(12-15(20)3)23(30)21-22(18-8-7-17(26)13-19(18)27)29(11-10-28(4)5)25(32)24(21)31/h6-9,12-14,22,30H,10-11H2,1-5H3. The van der Waals surface area contributed by atoms with Crippen LogP contribution in [0.2, 0.25) is 10.0 Å². The number of carbonyl (C=O) groups is 2. The topological polar surface area (TPSA) is 74.1 Å². The molecule has 8 heteroatoms. The first kappa shape index (κ1) is 25.1. The normalized spacial score (nSPS) is 18.0. The van der Waals surface area contributed by atoms with Gasteiger partial charge in [0, 0.05) is 15.6 Å². The number of amides is 1. The Morgan fingerprint density at radius 2 is 1.85 bits per heavy atom. The Kier molecular flexibility index (Phi) is 7.73. The van der Waals surface area contributed by atoms with Gasteiger partial charge in [-0.2, -0.15) is 0 Å². The minimum Gasteiger partial charge on any atom is -0.872 e. The fourth-order valence-electron chi connectivity index (χ4n) is 3.82. The number of Topliss-reactive ketones (excluding diaryl/α,β-unsaturated/α-hetero) is 1. The predicted molar refractivity (Wildman–Crippen MR) is 127 cm³/mol. The van der Waals surface area contributed by atoms with Crippen molar-refractivity contribution in [3.63, 3.8) is 0 Å². The van der Waals surface area contributed by atoms with Crippen molar-refractivity contribution in [1.29, 1.82) is 0 Å². The van der Waals surface area contributed by atoms with Crippen molar-refractivity contribution in [3.05, 3.63) is 68.7 Å². The van der Waals surface area contributed by atoms with Crippen molar-refractivity contribution in [2.24, 2.45) is 0 Å². The maximum atomic E-state index is 13.6. The fraction of sp³-hybridized carbons (Fsp3) is 0.360. The summed E-state index contributed by atoms with van der Waals surface area (Å²) in [6.07, 6.45) is -0.0162. The van der Waals surface area contributed by atoms with Crippen LogP contribution in [0, 0.1) is 6.92 Å². The molecule has 1 heterocycles. The van der Waals surface area contributed by atoms with E-state index in [1.54, 1.807) is 36.4 Å². The maximum Gasteiger partial charge on any atom is 0.295 e. The van der Waals surface area contributed by atoms with E-state index in [1.165, 1.54) is 4.90 Å². The number of carbonyl (C=O) groups excluding carboxylic acids is 2. The Balaban J connectivity index is 2.15. The summed E-state index contributed by atoms with van der Waals surface area (Å²) in [6, 6.07) is 8.97. The second kappa shape index (κ2) is 10.2. The SMILES string of the molecule is Cc1cc(C([O-])=C2C(=O)C(=O)N(CC[NH+](C)C)C2c2ccc(Cl)cc2Cl)ccc1OC(C)C. The molecule has 3 rings (SSSR count). The van der Waals surface area contributed by atoms with Gasteiger partial charge in [-0.15, -0.1) is 0 Å². The van der Waals surface area contributed by atoms with Crippen LogP contribution < -0.4 is 14.7 Å². The van der Waals surface area contributed by atoms with Gasteiger partial charge in [-0.3, -0.25) is 9.59 Å². The largest absolute Gasteiger partial charge is 0.872 e. The molecule has 0 aliphatic carbocycles. The van der Waals surface area contributed by atoms with Gasteiger partial charge in [0.1, 0.15) is 5.75 Å². The van der Waals surface area contributed by atoms with Gasteiger partial charge >= 0.3 is 0 Å². The molecule has 176 valence electrons. The summed E-state index contributed by atoms with van der Waals surface area (Å²) in [5, 5.41) is 14.3. The number of likely N-dealkylation sites (tertiary alicyclic amines) is 1. The second-order valence-corrected chi connectivity index (χ2v) is 9.59. The summed E-state index contributed by atoms with van der Waals surface area (Å²) in [5.74, 6) is -1.34. The Bertz CT molecular complexity index is 1110. The highest BCUT2D eigenvalue weighted by atomic mass is 35.5. The average Bonchev–Trinajstić information content (AvgIpc) is 2.97. The second-order valence-electron chi connectivity index (χ2n) is 8.74. The van der Waals surface area contributed by atoms with Crippen LogP contribution in [-0.2, 0) is 9.59 Å². The van der Waals surface area contributed by atoms with Gasteiger partial charge in [-0.05, 0) is 61.7 Å². The Hall–Kier alpha value is -2.54. The van der Waals surface area contributed by atoms with Gasteiger partial charge in [-0.25, -0.2) is 0 Å². The van der Waals surface area contributed by atoms with Crippen LogP contribution >= 0.6 is 23.2 Å².